The van der Waals surface area contributed by atoms with Crippen LogP contribution in [0.2, 0.25) is 0 Å². The number of hydrogen-bond donors (Lipinski definition) is 4. The Hall–Kier alpha value is -3.21. The van der Waals surface area contributed by atoms with Gasteiger partial charge < -0.3 is 21.3 Å². The van der Waals surface area contributed by atoms with Gasteiger partial charge in [0.15, 0.2) is 0 Å². The first-order valence-electron chi connectivity index (χ1n) is 21.8. The smallest absolute Gasteiger partial charge is 0.251 e. The number of allylic oxidation sites excluding steroid dienone is 4. The Morgan fingerprint density at radius 3 is 2.07 bits per heavy atom. The van der Waals surface area contributed by atoms with Crippen LogP contribution in [0.5, 0.6) is 0 Å². The molecule has 0 aromatic heterocycles. The topological polar surface area (TPSA) is 65.2 Å². The van der Waals surface area contributed by atoms with Gasteiger partial charge in [-0.15, -0.1) is 0 Å². The van der Waals surface area contributed by atoms with Gasteiger partial charge in [-0.05, 0) is 92.7 Å². The van der Waals surface area contributed by atoms with Gasteiger partial charge in [0, 0.05) is 29.9 Å². The number of carbonyl (C=O) groups is 1. The van der Waals surface area contributed by atoms with Crippen molar-refractivity contribution in [3.05, 3.63) is 96.5 Å². The minimum atomic E-state index is -0.281. The molecule has 3 rings (SSSR count). The van der Waals surface area contributed by atoms with E-state index in [4.69, 9.17) is 0 Å². The molecule has 0 saturated heterocycles. The van der Waals surface area contributed by atoms with Gasteiger partial charge in [0.25, 0.3) is 5.91 Å². The number of hydrogen-bond acceptors (Lipinski definition) is 4. The van der Waals surface area contributed by atoms with Gasteiger partial charge in [-0.1, -0.05) is 171 Å². The molecule has 310 valence electrons. The summed E-state index contributed by atoms with van der Waals surface area (Å²) >= 11 is 0. The van der Waals surface area contributed by atoms with Crippen molar-refractivity contribution in [1.82, 2.24) is 21.3 Å². The zero-order valence-electron chi connectivity index (χ0n) is 37.9. The van der Waals surface area contributed by atoms with Gasteiger partial charge in [-0.2, -0.15) is 0 Å². The highest BCUT2D eigenvalue weighted by Gasteiger charge is 2.42. The van der Waals surface area contributed by atoms with Gasteiger partial charge in [-0.25, -0.2) is 0 Å². The molecule has 2 aliphatic rings. The lowest BCUT2D eigenvalue weighted by molar-refractivity contribution is 0.0796. The summed E-state index contributed by atoms with van der Waals surface area (Å²) in [6, 6.07) is 8.14. The maximum atomic E-state index is 13.0. The lowest BCUT2D eigenvalue weighted by Crippen LogP contribution is -2.48. The van der Waals surface area contributed by atoms with Gasteiger partial charge in [-0.3, -0.25) is 4.79 Å². The summed E-state index contributed by atoms with van der Waals surface area (Å²) in [5.41, 5.74) is 5.10. The third-order valence-corrected chi connectivity index (χ3v) is 10.5. The number of unbranched alkanes of at least 4 members (excludes halogenated alkanes) is 1. The standard InChI is InChI=1S/C28H42N4O.C14H26.C3H8.2C2H6/c1-6-8-13-24-16-18-25(19-17-24)28(33)32-27(22(4)30-21(3)7-2)20-29-23(5)31-26-14-11-9-10-12-15-26;1-7-12-9-11(3)14(6,8-2)10-13(12,4)5;1-3-2;2*1-2/h9-11,14,16-19,21,26-27,29-31H,4-8,12-13,15,20H2,1-3H3,(H,32,33);12H,3,7-10H2,1-2,4-6H3;3H2,1-2H3;2*1-2H3/t21?,26?,27-;;;;/m0..../s1. The molecule has 0 spiro atoms. The van der Waals surface area contributed by atoms with Crippen LogP contribution in [0.4, 0.5) is 0 Å². The lowest BCUT2D eigenvalue weighted by Gasteiger charge is -2.49. The van der Waals surface area contributed by atoms with Crippen LogP contribution in [0.1, 0.15) is 177 Å². The number of rotatable bonds is 16. The number of aryl methyl sites for hydroxylation is 1. The molecule has 5 atom stereocenters. The molecule has 0 heterocycles. The summed E-state index contributed by atoms with van der Waals surface area (Å²) in [5.74, 6) is 1.48. The van der Waals surface area contributed by atoms with Crippen molar-refractivity contribution in [2.45, 2.75) is 186 Å². The fourth-order valence-electron chi connectivity index (χ4n) is 6.76. The number of amides is 1. The molecule has 5 nitrogen and oxygen atoms in total. The summed E-state index contributed by atoms with van der Waals surface area (Å²) in [7, 11) is 0. The monoisotopic (exact) mass is 749 g/mol. The zero-order chi connectivity index (χ0) is 41.7. The molecule has 1 aromatic carbocycles. The van der Waals surface area contributed by atoms with Crippen LogP contribution >= 0.6 is 0 Å². The Morgan fingerprint density at radius 1 is 0.926 bits per heavy atom. The molecule has 4 N–H and O–H groups in total. The SMILES string of the molecule is C=C(NC[C@H](NC(=O)c1ccc(CCCC)cc1)C(=C)NC(C)CC)NC1C=CC=CCC1.C=C1CC(CC)C(C)(C)CC1(C)CC.CC.CC.CCC. The van der Waals surface area contributed by atoms with E-state index >= 15 is 0 Å². The zero-order valence-corrected chi connectivity index (χ0v) is 37.9. The Kier molecular flexibility index (Phi) is 29.4. The largest absolute Gasteiger partial charge is 0.385 e. The predicted octanol–water partition coefficient (Wildman–Crippen LogP) is 13.2. The van der Waals surface area contributed by atoms with Crippen LogP contribution in [0.25, 0.3) is 0 Å². The molecule has 0 aliphatic heterocycles. The third kappa shape index (κ3) is 20.5. The molecule has 1 aromatic rings. The first-order chi connectivity index (χ1) is 25.7. The van der Waals surface area contributed by atoms with Crippen molar-refractivity contribution >= 4 is 5.91 Å². The number of benzene rings is 1. The van der Waals surface area contributed by atoms with Gasteiger partial charge >= 0.3 is 0 Å². The predicted molar refractivity (Wildman–Crippen MR) is 243 cm³/mol. The normalized spacial score (nSPS) is 20.5. The van der Waals surface area contributed by atoms with Gasteiger partial charge in [0.2, 0.25) is 0 Å². The van der Waals surface area contributed by atoms with Crippen molar-refractivity contribution < 1.29 is 4.79 Å². The third-order valence-electron chi connectivity index (χ3n) is 10.5. The molecule has 4 unspecified atom stereocenters. The number of carbonyl (C=O) groups excluding carboxylic acids is 1. The molecule has 1 fully saturated rings. The molecule has 1 saturated carbocycles. The van der Waals surface area contributed by atoms with Crippen LogP contribution in [-0.2, 0) is 6.42 Å². The van der Waals surface area contributed by atoms with E-state index in [-0.39, 0.29) is 24.0 Å². The molecular weight excluding hydrogens is 661 g/mol. The first-order valence-corrected chi connectivity index (χ1v) is 21.8. The summed E-state index contributed by atoms with van der Waals surface area (Å²) in [4.78, 5) is 13.0. The minimum absolute atomic E-state index is 0.104. The van der Waals surface area contributed by atoms with Crippen molar-refractivity contribution in [3.63, 3.8) is 0 Å². The maximum absolute atomic E-state index is 13.0. The molecule has 1 amide bonds. The molecular formula is C49H88N4O. The second-order valence-electron chi connectivity index (χ2n) is 15.5. The molecule has 0 radical (unpaired) electrons. The number of nitrogens with one attached hydrogen (secondary N) is 4. The quantitative estimate of drug-likeness (QED) is 0.127. The highest BCUT2D eigenvalue weighted by molar-refractivity contribution is 5.94. The first kappa shape index (κ1) is 52.9. The fraction of sp³-hybridized carbons (Fsp3) is 0.653. The molecule has 2 aliphatic carbocycles. The fourth-order valence-corrected chi connectivity index (χ4v) is 6.76. The molecule has 0 bridgehead atoms. The van der Waals surface area contributed by atoms with E-state index in [1.807, 2.05) is 52.0 Å². The highest BCUT2D eigenvalue weighted by Crippen LogP contribution is 2.54. The van der Waals surface area contributed by atoms with Crippen LogP contribution in [-0.4, -0.2) is 30.6 Å². The highest BCUT2D eigenvalue weighted by atomic mass is 16.1. The van der Waals surface area contributed by atoms with Crippen molar-refractivity contribution in [3.8, 4) is 0 Å². The van der Waals surface area contributed by atoms with Crippen LogP contribution in [0.3, 0.4) is 0 Å². The lowest BCUT2D eigenvalue weighted by atomic mass is 9.56. The van der Waals surface area contributed by atoms with Crippen molar-refractivity contribution in [2.75, 3.05) is 6.54 Å². The van der Waals surface area contributed by atoms with E-state index in [2.05, 4.69) is 135 Å². The summed E-state index contributed by atoms with van der Waals surface area (Å²) < 4.78 is 0. The van der Waals surface area contributed by atoms with Crippen molar-refractivity contribution in [2.24, 2.45) is 16.7 Å². The summed E-state index contributed by atoms with van der Waals surface area (Å²) in [6.45, 7) is 43.7. The second-order valence-corrected chi connectivity index (χ2v) is 15.5. The molecule has 5 heteroatoms. The Labute approximate surface area is 336 Å². The van der Waals surface area contributed by atoms with Crippen molar-refractivity contribution in [1.29, 1.82) is 0 Å². The van der Waals surface area contributed by atoms with Crippen LogP contribution in [0, 0.1) is 16.7 Å². The van der Waals surface area contributed by atoms with Gasteiger partial charge in [0.05, 0.1) is 11.9 Å². The van der Waals surface area contributed by atoms with E-state index in [9.17, 15) is 4.79 Å². The Balaban J connectivity index is 0. The van der Waals surface area contributed by atoms with E-state index in [1.54, 1.807) is 0 Å². The van der Waals surface area contributed by atoms with Crippen LogP contribution in [0.15, 0.2) is 85.4 Å². The summed E-state index contributed by atoms with van der Waals surface area (Å²) in [5, 5.41) is 13.3. The average molecular weight is 749 g/mol. The van der Waals surface area contributed by atoms with Gasteiger partial charge in [0.1, 0.15) is 0 Å². The maximum Gasteiger partial charge on any atom is 0.251 e. The second kappa shape index (κ2) is 30.1. The van der Waals surface area contributed by atoms with Crippen LogP contribution < -0.4 is 21.3 Å². The van der Waals surface area contributed by atoms with E-state index < -0.39 is 0 Å². The minimum Gasteiger partial charge on any atom is -0.385 e. The Bertz CT molecular complexity index is 1230. The Morgan fingerprint density at radius 2 is 1.54 bits per heavy atom. The van der Waals surface area contributed by atoms with E-state index in [0.29, 0.717) is 22.9 Å². The molecule has 54 heavy (non-hydrogen) atoms. The summed E-state index contributed by atoms with van der Waals surface area (Å²) in [6.07, 6.45) is 21.2. The van der Waals surface area contributed by atoms with E-state index in [0.717, 1.165) is 56.0 Å². The average Bonchev–Trinajstić information content (AvgIpc) is 3.44. The van der Waals surface area contributed by atoms with E-state index in [1.165, 1.54) is 43.2 Å².